The summed E-state index contributed by atoms with van der Waals surface area (Å²) in [6.07, 6.45) is 2.53. The molecule has 0 bridgehead atoms. The second kappa shape index (κ2) is 6.89. The molecule has 1 aromatic carbocycles. The smallest absolute Gasteiger partial charge is 0.127 e. The molecule has 2 nitrogen and oxygen atoms in total. The van der Waals surface area contributed by atoms with Gasteiger partial charge < -0.3 is 5.32 Å². The molecule has 0 amide bonds. The summed E-state index contributed by atoms with van der Waals surface area (Å²) < 4.78 is 14.0. The quantitative estimate of drug-likeness (QED) is 0.904. The highest BCUT2D eigenvalue weighted by atomic mass is 19.1. The minimum Gasteiger partial charge on any atom is -0.308 e. The third-order valence-corrected chi connectivity index (χ3v) is 4.07. The number of likely N-dealkylation sites (tertiary alicyclic amines) is 1. The van der Waals surface area contributed by atoms with Crippen molar-refractivity contribution in [3.8, 4) is 0 Å². The molecule has 1 saturated heterocycles. The van der Waals surface area contributed by atoms with Gasteiger partial charge in [0.1, 0.15) is 5.82 Å². The average Bonchev–Trinajstić information content (AvgIpc) is 2.39. The van der Waals surface area contributed by atoms with Gasteiger partial charge in [-0.25, -0.2) is 4.39 Å². The topological polar surface area (TPSA) is 15.3 Å². The van der Waals surface area contributed by atoms with E-state index in [2.05, 4.69) is 37.9 Å². The maximum absolute atomic E-state index is 14.0. The predicted octanol–water partition coefficient (Wildman–Crippen LogP) is 3.95. The van der Waals surface area contributed by atoms with E-state index in [1.165, 1.54) is 12.8 Å². The first-order chi connectivity index (χ1) is 9.83. The van der Waals surface area contributed by atoms with Gasteiger partial charge >= 0.3 is 0 Å². The maximum atomic E-state index is 14.0. The van der Waals surface area contributed by atoms with Crippen LogP contribution < -0.4 is 5.32 Å². The van der Waals surface area contributed by atoms with E-state index < -0.39 is 0 Å². The number of rotatable bonds is 4. The first-order valence-corrected chi connectivity index (χ1v) is 8.08. The van der Waals surface area contributed by atoms with Crippen molar-refractivity contribution in [1.82, 2.24) is 10.2 Å². The number of nitrogens with one attached hydrogen (secondary N) is 1. The number of piperidine rings is 1. The number of nitrogens with zero attached hydrogens (tertiary/aromatic N) is 1. The highest BCUT2D eigenvalue weighted by molar-refractivity contribution is 5.25. The normalized spacial score (nSPS) is 20.7. The summed E-state index contributed by atoms with van der Waals surface area (Å²) in [6.45, 7) is 12.4. The molecule has 0 aliphatic carbocycles. The summed E-state index contributed by atoms with van der Waals surface area (Å²) in [5, 5.41) is 3.46. The van der Waals surface area contributed by atoms with E-state index in [4.69, 9.17) is 0 Å². The summed E-state index contributed by atoms with van der Waals surface area (Å²) >= 11 is 0. The van der Waals surface area contributed by atoms with Crippen molar-refractivity contribution in [2.24, 2.45) is 5.92 Å². The second-order valence-electron chi connectivity index (χ2n) is 7.51. The van der Waals surface area contributed by atoms with Crippen LogP contribution in [0.15, 0.2) is 18.2 Å². The molecular formula is C18H29FN2. The molecule has 1 heterocycles. The molecular weight excluding hydrogens is 263 g/mol. The molecule has 1 aromatic rings. The van der Waals surface area contributed by atoms with Crippen molar-refractivity contribution < 1.29 is 4.39 Å². The fourth-order valence-electron chi connectivity index (χ4n) is 2.90. The maximum Gasteiger partial charge on any atom is 0.127 e. The van der Waals surface area contributed by atoms with Crippen LogP contribution in [0, 0.1) is 11.7 Å². The molecule has 21 heavy (non-hydrogen) atoms. The Morgan fingerprint density at radius 2 is 2.10 bits per heavy atom. The van der Waals surface area contributed by atoms with Crippen molar-refractivity contribution in [2.45, 2.75) is 59.2 Å². The van der Waals surface area contributed by atoms with E-state index >= 15 is 0 Å². The molecule has 1 aliphatic rings. The van der Waals surface area contributed by atoms with Crippen LogP contribution in [-0.4, -0.2) is 23.5 Å². The van der Waals surface area contributed by atoms with Crippen LogP contribution in [0.3, 0.4) is 0 Å². The lowest BCUT2D eigenvalue weighted by molar-refractivity contribution is 0.174. The number of hydrogen-bond acceptors (Lipinski definition) is 2. The van der Waals surface area contributed by atoms with Crippen LogP contribution in [0.2, 0.25) is 0 Å². The third kappa shape index (κ3) is 5.40. The van der Waals surface area contributed by atoms with Crippen LogP contribution in [0.4, 0.5) is 4.39 Å². The van der Waals surface area contributed by atoms with Crippen molar-refractivity contribution in [3.63, 3.8) is 0 Å². The summed E-state index contributed by atoms with van der Waals surface area (Å²) in [4.78, 5) is 2.38. The zero-order chi connectivity index (χ0) is 15.5. The Hall–Kier alpha value is -0.930. The molecule has 1 unspecified atom stereocenters. The van der Waals surface area contributed by atoms with Crippen molar-refractivity contribution in [1.29, 1.82) is 0 Å². The summed E-state index contributed by atoms with van der Waals surface area (Å²) in [7, 11) is 0. The lowest BCUT2D eigenvalue weighted by Gasteiger charge is -2.31. The van der Waals surface area contributed by atoms with Gasteiger partial charge in [0.05, 0.1) is 0 Å². The Morgan fingerprint density at radius 3 is 2.76 bits per heavy atom. The molecule has 2 rings (SSSR count). The van der Waals surface area contributed by atoms with E-state index in [-0.39, 0.29) is 11.4 Å². The first kappa shape index (κ1) is 16.4. The van der Waals surface area contributed by atoms with Gasteiger partial charge in [0.2, 0.25) is 0 Å². The number of halogens is 1. The lowest BCUT2D eigenvalue weighted by atomic mass is 9.99. The van der Waals surface area contributed by atoms with Crippen LogP contribution in [-0.2, 0) is 13.1 Å². The minimum atomic E-state index is -0.0762. The van der Waals surface area contributed by atoms with Gasteiger partial charge in [-0.05, 0) is 57.7 Å². The van der Waals surface area contributed by atoms with Gasteiger partial charge in [-0.2, -0.15) is 0 Å². The zero-order valence-electron chi connectivity index (χ0n) is 13.9. The number of benzene rings is 1. The van der Waals surface area contributed by atoms with Crippen molar-refractivity contribution >= 4 is 0 Å². The summed E-state index contributed by atoms with van der Waals surface area (Å²) in [5.74, 6) is 0.653. The largest absolute Gasteiger partial charge is 0.308 e. The van der Waals surface area contributed by atoms with Crippen LogP contribution in [0.5, 0.6) is 0 Å². The first-order valence-electron chi connectivity index (χ1n) is 8.08. The Balaban J connectivity index is 2.01. The molecule has 118 valence electrons. The molecule has 1 N–H and O–H groups in total. The fourth-order valence-corrected chi connectivity index (χ4v) is 2.90. The number of hydrogen-bond donors (Lipinski definition) is 1. The molecule has 1 fully saturated rings. The monoisotopic (exact) mass is 292 g/mol. The van der Waals surface area contributed by atoms with Gasteiger partial charge in [-0.15, -0.1) is 0 Å². The molecule has 1 atom stereocenters. The van der Waals surface area contributed by atoms with Gasteiger partial charge in [0.15, 0.2) is 0 Å². The molecule has 1 aliphatic heterocycles. The minimum absolute atomic E-state index is 0.0762. The molecule has 3 heteroatoms. The van der Waals surface area contributed by atoms with E-state index in [1.807, 2.05) is 12.1 Å². The van der Waals surface area contributed by atoms with Gasteiger partial charge in [-0.1, -0.05) is 19.1 Å². The molecule has 0 aromatic heterocycles. The molecule has 0 saturated carbocycles. The van der Waals surface area contributed by atoms with Crippen LogP contribution >= 0.6 is 0 Å². The zero-order valence-corrected chi connectivity index (χ0v) is 13.9. The van der Waals surface area contributed by atoms with E-state index in [0.717, 1.165) is 43.2 Å². The van der Waals surface area contributed by atoms with Gasteiger partial charge in [0.25, 0.3) is 0 Å². The van der Waals surface area contributed by atoms with Crippen LogP contribution in [0.1, 0.15) is 51.7 Å². The Kier molecular flexibility index (Phi) is 5.39. The Bertz CT molecular complexity index is 465. The molecule has 0 radical (unpaired) electrons. The van der Waals surface area contributed by atoms with Crippen LogP contribution in [0.25, 0.3) is 0 Å². The Morgan fingerprint density at radius 1 is 1.33 bits per heavy atom. The van der Waals surface area contributed by atoms with Gasteiger partial charge in [-0.3, -0.25) is 4.90 Å². The second-order valence-corrected chi connectivity index (χ2v) is 7.51. The predicted molar refractivity (Wildman–Crippen MR) is 86.7 cm³/mol. The third-order valence-electron chi connectivity index (χ3n) is 4.07. The highest BCUT2D eigenvalue weighted by Crippen LogP contribution is 2.20. The molecule has 0 spiro atoms. The lowest BCUT2D eigenvalue weighted by Crippen LogP contribution is -2.35. The van der Waals surface area contributed by atoms with E-state index in [1.54, 1.807) is 6.07 Å². The summed E-state index contributed by atoms with van der Waals surface area (Å²) in [5.41, 5.74) is 2.07. The Labute approximate surface area is 128 Å². The van der Waals surface area contributed by atoms with Gasteiger partial charge in [0, 0.05) is 30.7 Å². The summed E-state index contributed by atoms with van der Waals surface area (Å²) in [6, 6.07) is 5.52. The van der Waals surface area contributed by atoms with E-state index in [9.17, 15) is 4.39 Å². The standard InChI is InChI=1S/C18H29FN2/c1-14-6-5-9-21(12-14)13-16-10-15(7-8-17(16)19)11-20-18(2,3)4/h7-8,10,14,20H,5-6,9,11-13H2,1-4H3. The van der Waals surface area contributed by atoms with Crippen molar-refractivity contribution in [3.05, 3.63) is 35.1 Å². The average molecular weight is 292 g/mol. The fraction of sp³-hybridized carbons (Fsp3) is 0.667. The SMILES string of the molecule is CC1CCCN(Cc2cc(CNC(C)(C)C)ccc2F)C1. The highest BCUT2D eigenvalue weighted by Gasteiger charge is 2.18. The van der Waals surface area contributed by atoms with Crippen molar-refractivity contribution in [2.75, 3.05) is 13.1 Å². The van der Waals surface area contributed by atoms with E-state index in [0.29, 0.717) is 0 Å².